The number of hydrogen-bond donors (Lipinski definition) is 1. The standard InChI is InChI=1S/C22H28F3N3O4S/c1-5-28(6-2)33(30,31)18-11-12-20(32-4)19(13-18)26-21(29)15-27(3)14-16-7-9-17(10-8-16)22(23,24)25/h7-13H,5-6,14-15H2,1-4H3,(H,26,29). The minimum Gasteiger partial charge on any atom is -0.495 e. The third-order valence-electron chi connectivity index (χ3n) is 4.94. The van der Waals surface area contributed by atoms with E-state index in [4.69, 9.17) is 4.74 Å². The van der Waals surface area contributed by atoms with Crippen LogP contribution in [-0.4, -0.2) is 57.3 Å². The lowest BCUT2D eigenvalue weighted by molar-refractivity contribution is -0.137. The summed E-state index contributed by atoms with van der Waals surface area (Å²) in [7, 11) is -0.675. The summed E-state index contributed by atoms with van der Waals surface area (Å²) in [5.41, 5.74) is 0.0835. The van der Waals surface area contributed by atoms with E-state index in [0.717, 1.165) is 12.1 Å². The van der Waals surface area contributed by atoms with Crippen LogP contribution < -0.4 is 10.1 Å². The Balaban J connectivity index is 2.11. The number of carbonyl (C=O) groups is 1. The number of nitrogens with one attached hydrogen (secondary N) is 1. The number of ether oxygens (including phenoxy) is 1. The fourth-order valence-electron chi connectivity index (χ4n) is 3.26. The summed E-state index contributed by atoms with van der Waals surface area (Å²) in [6, 6.07) is 8.95. The molecule has 1 amide bonds. The smallest absolute Gasteiger partial charge is 0.416 e. The molecule has 0 aliphatic carbocycles. The van der Waals surface area contributed by atoms with E-state index in [1.165, 1.54) is 41.7 Å². The first-order chi connectivity index (χ1) is 15.4. The molecular formula is C22H28F3N3O4S. The van der Waals surface area contributed by atoms with Crippen molar-refractivity contribution in [3.63, 3.8) is 0 Å². The predicted octanol–water partition coefficient (Wildman–Crippen LogP) is 3.82. The minimum atomic E-state index is -4.41. The Hall–Kier alpha value is -2.63. The molecule has 2 aromatic rings. The van der Waals surface area contributed by atoms with Crippen LogP contribution in [0.4, 0.5) is 18.9 Å². The molecule has 33 heavy (non-hydrogen) atoms. The number of hydrogen-bond acceptors (Lipinski definition) is 5. The van der Waals surface area contributed by atoms with Crippen molar-refractivity contribution in [2.75, 3.05) is 39.1 Å². The monoisotopic (exact) mass is 487 g/mol. The first-order valence-electron chi connectivity index (χ1n) is 10.2. The van der Waals surface area contributed by atoms with Crippen LogP contribution in [0, 0.1) is 0 Å². The van der Waals surface area contributed by atoms with Gasteiger partial charge < -0.3 is 10.1 Å². The molecule has 7 nitrogen and oxygen atoms in total. The van der Waals surface area contributed by atoms with Crippen molar-refractivity contribution in [2.45, 2.75) is 31.5 Å². The molecule has 0 aromatic heterocycles. The van der Waals surface area contributed by atoms with E-state index >= 15 is 0 Å². The lowest BCUT2D eigenvalue weighted by Gasteiger charge is -2.20. The van der Waals surface area contributed by atoms with Gasteiger partial charge in [0.1, 0.15) is 5.75 Å². The van der Waals surface area contributed by atoms with Crippen LogP contribution in [0.2, 0.25) is 0 Å². The number of likely N-dealkylation sites (N-methyl/N-ethyl adjacent to an activating group) is 1. The maximum absolute atomic E-state index is 12.8. The van der Waals surface area contributed by atoms with Gasteiger partial charge in [-0.1, -0.05) is 26.0 Å². The first kappa shape index (κ1) is 26.6. The van der Waals surface area contributed by atoms with Crippen molar-refractivity contribution in [3.05, 3.63) is 53.6 Å². The molecule has 1 N–H and O–H groups in total. The maximum Gasteiger partial charge on any atom is 0.416 e. The van der Waals surface area contributed by atoms with Crippen LogP contribution in [0.25, 0.3) is 0 Å². The summed E-state index contributed by atoms with van der Waals surface area (Å²) in [4.78, 5) is 14.2. The fraction of sp³-hybridized carbons (Fsp3) is 0.409. The van der Waals surface area contributed by atoms with Crippen LogP contribution in [0.3, 0.4) is 0 Å². The average molecular weight is 488 g/mol. The quantitative estimate of drug-likeness (QED) is 0.551. The summed E-state index contributed by atoms with van der Waals surface area (Å²) in [5.74, 6) is -0.132. The molecule has 0 heterocycles. The highest BCUT2D eigenvalue weighted by molar-refractivity contribution is 7.89. The third kappa shape index (κ3) is 6.92. The van der Waals surface area contributed by atoms with Gasteiger partial charge in [0, 0.05) is 19.6 Å². The van der Waals surface area contributed by atoms with Crippen molar-refractivity contribution in [1.29, 1.82) is 0 Å². The average Bonchev–Trinajstić information content (AvgIpc) is 2.73. The largest absolute Gasteiger partial charge is 0.495 e. The number of benzene rings is 2. The molecule has 2 aromatic carbocycles. The van der Waals surface area contributed by atoms with E-state index in [9.17, 15) is 26.4 Å². The van der Waals surface area contributed by atoms with Crippen molar-refractivity contribution in [3.8, 4) is 5.75 Å². The molecule has 11 heteroatoms. The summed E-state index contributed by atoms with van der Waals surface area (Å²) < 4.78 is 70.2. The van der Waals surface area contributed by atoms with E-state index in [-0.39, 0.29) is 23.7 Å². The van der Waals surface area contributed by atoms with Crippen molar-refractivity contribution in [2.24, 2.45) is 0 Å². The van der Waals surface area contributed by atoms with E-state index < -0.39 is 27.7 Å². The Bertz CT molecular complexity index is 1050. The molecule has 0 bridgehead atoms. The van der Waals surface area contributed by atoms with Crippen molar-refractivity contribution in [1.82, 2.24) is 9.21 Å². The van der Waals surface area contributed by atoms with Gasteiger partial charge in [-0.15, -0.1) is 0 Å². The molecule has 182 valence electrons. The number of halogens is 3. The first-order valence-corrected chi connectivity index (χ1v) is 11.7. The topological polar surface area (TPSA) is 79.0 Å². The molecule has 0 spiro atoms. The lowest BCUT2D eigenvalue weighted by Crippen LogP contribution is -2.31. The third-order valence-corrected chi connectivity index (χ3v) is 6.98. The Morgan fingerprint density at radius 2 is 1.67 bits per heavy atom. The van der Waals surface area contributed by atoms with Gasteiger partial charge in [-0.3, -0.25) is 9.69 Å². The molecule has 0 saturated heterocycles. The van der Waals surface area contributed by atoms with Crippen LogP contribution in [0.15, 0.2) is 47.4 Å². The zero-order valence-corrected chi connectivity index (χ0v) is 19.8. The SMILES string of the molecule is CCN(CC)S(=O)(=O)c1ccc(OC)c(NC(=O)CN(C)Cc2ccc(C(F)(F)F)cc2)c1. The number of rotatable bonds is 10. The normalized spacial score (nSPS) is 12.3. The van der Waals surface area contributed by atoms with Gasteiger partial charge in [-0.25, -0.2) is 8.42 Å². The number of methoxy groups -OCH3 is 1. The predicted molar refractivity (Wildman–Crippen MR) is 120 cm³/mol. The number of sulfonamides is 1. The van der Waals surface area contributed by atoms with Crippen molar-refractivity contribution >= 4 is 21.6 Å². The molecular weight excluding hydrogens is 459 g/mol. The minimum absolute atomic E-state index is 0.0282. The zero-order chi connectivity index (χ0) is 24.8. The van der Waals surface area contributed by atoms with Gasteiger partial charge >= 0.3 is 6.18 Å². The summed E-state index contributed by atoms with van der Waals surface area (Å²) >= 11 is 0. The van der Waals surface area contributed by atoms with E-state index in [1.807, 2.05) is 0 Å². The van der Waals surface area contributed by atoms with Crippen LogP contribution >= 0.6 is 0 Å². The van der Waals surface area contributed by atoms with E-state index in [2.05, 4.69) is 5.32 Å². The van der Waals surface area contributed by atoms with Crippen molar-refractivity contribution < 1.29 is 31.1 Å². The summed E-state index contributed by atoms with van der Waals surface area (Å²) in [5, 5.41) is 2.66. The Morgan fingerprint density at radius 1 is 1.06 bits per heavy atom. The molecule has 0 radical (unpaired) electrons. The molecule has 0 aliphatic rings. The van der Waals surface area contributed by atoms with Gasteiger partial charge in [0.2, 0.25) is 15.9 Å². The molecule has 0 aliphatic heterocycles. The van der Waals surface area contributed by atoms with Gasteiger partial charge in [0.15, 0.2) is 0 Å². The van der Waals surface area contributed by atoms with E-state index in [1.54, 1.807) is 25.8 Å². The van der Waals surface area contributed by atoms with Crippen LogP contribution in [-0.2, 0) is 27.5 Å². The molecule has 0 atom stereocenters. The highest BCUT2D eigenvalue weighted by atomic mass is 32.2. The highest BCUT2D eigenvalue weighted by Crippen LogP contribution is 2.30. The molecule has 0 unspecified atom stereocenters. The van der Waals surface area contributed by atoms with Gasteiger partial charge in [0.05, 0.1) is 29.8 Å². The van der Waals surface area contributed by atoms with Gasteiger partial charge in [-0.2, -0.15) is 17.5 Å². The number of amides is 1. The molecule has 2 rings (SSSR count). The highest BCUT2D eigenvalue weighted by Gasteiger charge is 2.30. The van der Waals surface area contributed by atoms with Gasteiger partial charge in [0.25, 0.3) is 0 Å². The number of anilines is 1. The second kappa shape index (κ2) is 11.0. The van der Waals surface area contributed by atoms with Crippen LogP contribution in [0.5, 0.6) is 5.75 Å². The Kier molecular flexibility index (Phi) is 8.87. The van der Waals surface area contributed by atoms with Crippen LogP contribution in [0.1, 0.15) is 25.0 Å². The molecule has 0 saturated carbocycles. The number of carbonyl (C=O) groups excluding carboxylic acids is 1. The van der Waals surface area contributed by atoms with Gasteiger partial charge in [-0.05, 0) is 42.9 Å². The summed E-state index contributed by atoms with van der Waals surface area (Å²) in [6.45, 7) is 4.26. The Morgan fingerprint density at radius 3 is 2.18 bits per heavy atom. The number of alkyl halides is 3. The van der Waals surface area contributed by atoms with E-state index in [0.29, 0.717) is 24.4 Å². The zero-order valence-electron chi connectivity index (χ0n) is 18.9. The summed E-state index contributed by atoms with van der Waals surface area (Å²) in [6.07, 6.45) is -4.41. The number of nitrogens with zero attached hydrogens (tertiary/aromatic N) is 2. The second-order valence-corrected chi connectivity index (χ2v) is 9.30. The lowest BCUT2D eigenvalue weighted by atomic mass is 10.1. The Labute approximate surface area is 192 Å². The molecule has 0 fully saturated rings. The maximum atomic E-state index is 12.8. The fourth-order valence-corrected chi connectivity index (χ4v) is 4.74. The second-order valence-electron chi connectivity index (χ2n) is 7.37.